The summed E-state index contributed by atoms with van der Waals surface area (Å²) in [6, 6.07) is 4.88. The van der Waals surface area contributed by atoms with Gasteiger partial charge in [-0.1, -0.05) is 6.42 Å². The maximum absolute atomic E-state index is 12.4. The number of rotatable bonds is 6. The molecule has 0 aliphatic heterocycles. The second-order valence-electron chi connectivity index (χ2n) is 6.73. The van der Waals surface area contributed by atoms with Gasteiger partial charge in [0, 0.05) is 9.35 Å². The minimum atomic E-state index is -0.661. The molecule has 0 bridgehead atoms. The SMILES string of the molecule is COC(=O)c1c(NC(=O)COC(=O)c2cc(OC)ccc2Br)sc2c1CCCCC2. The molecule has 0 fully saturated rings. The van der Waals surface area contributed by atoms with Crippen LogP contribution in [0.3, 0.4) is 0 Å². The van der Waals surface area contributed by atoms with E-state index in [1.165, 1.54) is 31.6 Å². The van der Waals surface area contributed by atoms with E-state index in [0.717, 1.165) is 42.5 Å². The normalized spacial score (nSPS) is 13.0. The molecule has 0 saturated heterocycles. The average molecular weight is 496 g/mol. The highest BCUT2D eigenvalue weighted by Gasteiger charge is 2.26. The molecule has 1 N–H and O–H groups in total. The van der Waals surface area contributed by atoms with Crippen LogP contribution in [0.25, 0.3) is 0 Å². The lowest BCUT2D eigenvalue weighted by Gasteiger charge is -2.09. The van der Waals surface area contributed by atoms with Gasteiger partial charge in [0.05, 0.1) is 25.3 Å². The van der Waals surface area contributed by atoms with Crippen molar-refractivity contribution in [3.05, 3.63) is 44.2 Å². The molecule has 1 amide bonds. The van der Waals surface area contributed by atoms with Gasteiger partial charge in [0.15, 0.2) is 6.61 Å². The predicted octanol–water partition coefficient (Wildman–Crippen LogP) is 4.37. The summed E-state index contributed by atoms with van der Waals surface area (Å²) >= 11 is 4.67. The fraction of sp³-hybridized carbons (Fsp3) is 0.381. The lowest BCUT2D eigenvalue weighted by Crippen LogP contribution is -2.22. The van der Waals surface area contributed by atoms with Gasteiger partial charge in [-0.25, -0.2) is 9.59 Å². The number of fused-ring (bicyclic) bond motifs is 1. The van der Waals surface area contributed by atoms with Crippen LogP contribution in [0.1, 0.15) is 50.4 Å². The van der Waals surface area contributed by atoms with Gasteiger partial charge >= 0.3 is 11.9 Å². The molecule has 1 aliphatic rings. The Kier molecular flexibility index (Phi) is 7.49. The molecule has 3 rings (SSSR count). The number of amides is 1. The zero-order valence-corrected chi connectivity index (χ0v) is 19.1. The Morgan fingerprint density at radius 1 is 1.10 bits per heavy atom. The zero-order chi connectivity index (χ0) is 21.7. The first-order valence-corrected chi connectivity index (χ1v) is 11.1. The van der Waals surface area contributed by atoms with Crippen LogP contribution in [0.15, 0.2) is 22.7 Å². The molecule has 0 atom stereocenters. The molecule has 1 aromatic carbocycles. The molecule has 1 heterocycles. The number of nitrogens with one attached hydrogen (secondary N) is 1. The van der Waals surface area contributed by atoms with E-state index in [4.69, 9.17) is 14.2 Å². The molecular weight excluding hydrogens is 474 g/mol. The first-order valence-electron chi connectivity index (χ1n) is 9.48. The third-order valence-corrected chi connectivity index (χ3v) is 6.69. The Balaban J connectivity index is 1.71. The van der Waals surface area contributed by atoms with Crippen molar-refractivity contribution in [2.75, 3.05) is 26.1 Å². The van der Waals surface area contributed by atoms with Gasteiger partial charge in [0.1, 0.15) is 10.8 Å². The van der Waals surface area contributed by atoms with Gasteiger partial charge in [-0.05, 0) is 65.4 Å². The number of hydrogen-bond donors (Lipinski definition) is 1. The average Bonchev–Trinajstić information content (AvgIpc) is 2.91. The fourth-order valence-corrected chi connectivity index (χ4v) is 5.01. The number of benzene rings is 1. The van der Waals surface area contributed by atoms with Crippen molar-refractivity contribution in [1.29, 1.82) is 0 Å². The first-order chi connectivity index (χ1) is 14.4. The van der Waals surface area contributed by atoms with Crippen molar-refractivity contribution in [3.63, 3.8) is 0 Å². The standard InChI is InChI=1S/C21H22BrNO6S/c1-27-12-8-9-15(22)14(10-12)20(25)29-11-17(24)23-19-18(21(26)28-2)13-6-4-3-5-7-16(13)30-19/h8-10H,3-7,11H2,1-2H3,(H,23,24). The Labute approximate surface area is 186 Å². The first kappa shape index (κ1) is 22.3. The maximum Gasteiger partial charge on any atom is 0.341 e. The van der Waals surface area contributed by atoms with Gasteiger partial charge in [0.2, 0.25) is 0 Å². The van der Waals surface area contributed by atoms with Crippen LogP contribution in [-0.4, -0.2) is 38.7 Å². The van der Waals surface area contributed by atoms with Crippen molar-refractivity contribution in [3.8, 4) is 5.75 Å². The smallest absolute Gasteiger partial charge is 0.341 e. The zero-order valence-electron chi connectivity index (χ0n) is 16.7. The topological polar surface area (TPSA) is 90.9 Å². The number of carbonyl (C=O) groups excluding carboxylic acids is 3. The number of hydrogen-bond acceptors (Lipinski definition) is 7. The van der Waals surface area contributed by atoms with Gasteiger partial charge in [-0.2, -0.15) is 0 Å². The Morgan fingerprint density at radius 2 is 1.87 bits per heavy atom. The highest BCUT2D eigenvalue weighted by molar-refractivity contribution is 9.10. The van der Waals surface area contributed by atoms with Gasteiger partial charge in [-0.15, -0.1) is 11.3 Å². The quantitative estimate of drug-likeness (QED) is 0.472. The summed E-state index contributed by atoms with van der Waals surface area (Å²) in [5, 5.41) is 3.15. The van der Waals surface area contributed by atoms with Crippen molar-refractivity contribution in [2.45, 2.75) is 32.1 Å². The number of methoxy groups -OCH3 is 2. The molecule has 0 radical (unpaired) electrons. The Bertz CT molecular complexity index is 971. The van der Waals surface area contributed by atoms with Crippen LogP contribution in [0.5, 0.6) is 5.75 Å². The van der Waals surface area contributed by atoms with Crippen molar-refractivity contribution in [2.24, 2.45) is 0 Å². The number of esters is 2. The van der Waals surface area contributed by atoms with Crippen molar-refractivity contribution in [1.82, 2.24) is 0 Å². The third-order valence-electron chi connectivity index (χ3n) is 4.79. The summed E-state index contributed by atoms with van der Waals surface area (Å²) in [7, 11) is 2.82. The summed E-state index contributed by atoms with van der Waals surface area (Å²) in [4.78, 5) is 38.2. The maximum atomic E-state index is 12.4. The Morgan fingerprint density at radius 3 is 2.60 bits per heavy atom. The summed E-state index contributed by atoms with van der Waals surface area (Å²) < 4.78 is 15.7. The van der Waals surface area contributed by atoms with Gasteiger partial charge in [0.25, 0.3) is 5.91 Å². The molecule has 30 heavy (non-hydrogen) atoms. The van der Waals surface area contributed by atoms with E-state index in [2.05, 4.69) is 21.2 Å². The van der Waals surface area contributed by atoms with Crippen LogP contribution in [0, 0.1) is 0 Å². The predicted molar refractivity (Wildman–Crippen MR) is 117 cm³/mol. The number of ether oxygens (including phenoxy) is 3. The highest BCUT2D eigenvalue weighted by Crippen LogP contribution is 2.38. The molecule has 1 aromatic heterocycles. The van der Waals surface area contributed by atoms with E-state index in [0.29, 0.717) is 20.8 Å². The van der Waals surface area contributed by atoms with Crippen LogP contribution in [0.4, 0.5) is 5.00 Å². The molecule has 1 aliphatic carbocycles. The van der Waals surface area contributed by atoms with Crippen molar-refractivity contribution < 1.29 is 28.6 Å². The largest absolute Gasteiger partial charge is 0.497 e. The van der Waals surface area contributed by atoms with Gasteiger partial charge < -0.3 is 19.5 Å². The van der Waals surface area contributed by atoms with E-state index in [1.807, 2.05) is 0 Å². The second-order valence-corrected chi connectivity index (χ2v) is 8.69. The number of thiophene rings is 1. The lowest BCUT2D eigenvalue weighted by atomic mass is 10.1. The number of anilines is 1. The molecular formula is C21H22BrNO6S. The summed E-state index contributed by atoms with van der Waals surface area (Å²) in [6.45, 7) is -0.480. The van der Waals surface area contributed by atoms with E-state index >= 15 is 0 Å². The molecule has 0 saturated carbocycles. The lowest BCUT2D eigenvalue weighted by molar-refractivity contribution is -0.119. The Hall–Kier alpha value is -2.39. The molecule has 0 spiro atoms. The molecule has 9 heteroatoms. The van der Waals surface area contributed by atoms with E-state index in [-0.39, 0.29) is 5.56 Å². The third kappa shape index (κ3) is 5.02. The van der Waals surface area contributed by atoms with Crippen LogP contribution >= 0.6 is 27.3 Å². The monoisotopic (exact) mass is 495 g/mol. The molecule has 7 nitrogen and oxygen atoms in total. The minimum Gasteiger partial charge on any atom is -0.497 e. The van der Waals surface area contributed by atoms with Crippen molar-refractivity contribution >= 4 is 50.1 Å². The molecule has 0 unspecified atom stereocenters. The molecule has 2 aromatic rings. The van der Waals surface area contributed by atoms with E-state index in [9.17, 15) is 14.4 Å². The van der Waals surface area contributed by atoms with Crippen LogP contribution < -0.4 is 10.1 Å². The van der Waals surface area contributed by atoms with Gasteiger partial charge in [-0.3, -0.25) is 4.79 Å². The summed E-state index contributed by atoms with van der Waals surface area (Å²) in [5.74, 6) is -1.16. The number of aryl methyl sites for hydroxylation is 1. The summed E-state index contributed by atoms with van der Waals surface area (Å²) in [5.41, 5.74) is 1.62. The highest BCUT2D eigenvalue weighted by atomic mass is 79.9. The van der Waals surface area contributed by atoms with E-state index < -0.39 is 24.5 Å². The fourth-order valence-electron chi connectivity index (χ4n) is 3.31. The second kappa shape index (κ2) is 10.1. The van der Waals surface area contributed by atoms with Crippen LogP contribution in [-0.2, 0) is 27.1 Å². The number of carbonyl (C=O) groups is 3. The molecule has 160 valence electrons. The van der Waals surface area contributed by atoms with Crippen LogP contribution in [0.2, 0.25) is 0 Å². The summed E-state index contributed by atoms with van der Waals surface area (Å²) in [6.07, 6.45) is 4.81. The minimum absolute atomic E-state index is 0.250. The van der Waals surface area contributed by atoms with E-state index in [1.54, 1.807) is 12.1 Å². The number of halogens is 1.